The van der Waals surface area contributed by atoms with E-state index in [2.05, 4.69) is 0 Å². The summed E-state index contributed by atoms with van der Waals surface area (Å²) in [7, 11) is -2.44. The summed E-state index contributed by atoms with van der Waals surface area (Å²) < 4.78 is 13.3. The van der Waals surface area contributed by atoms with Gasteiger partial charge < -0.3 is 0 Å². The van der Waals surface area contributed by atoms with E-state index in [4.69, 9.17) is 11.6 Å². The number of halogens is 1. The first kappa shape index (κ1) is 21.1. The summed E-state index contributed by atoms with van der Waals surface area (Å²) in [6.45, 7) is 7.19. The van der Waals surface area contributed by atoms with Gasteiger partial charge in [-0.3, -0.25) is 4.79 Å². The zero-order chi connectivity index (χ0) is 21.3. The SMILES string of the molecule is Cc1cccc(Cl)c1C(=O)[P+](=O)c1c(C)cc(C)c(C(=O)c2ccccc2)c1C. The topological polar surface area (TPSA) is 51.2 Å². The minimum absolute atomic E-state index is 0.147. The Hall–Kier alpha value is -2.61. The van der Waals surface area contributed by atoms with Crippen LogP contribution in [0.3, 0.4) is 0 Å². The van der Waals surface area contributed by atoms with E-state index in [1.807, 2.05) is 26.0 Å². The molecule has 0 bridgehead atoms. The van der Waals surface area contributed by atoms with Gasteiger partial charge in [0, 0.05) is 22.3 Å². The predicted octanol–water partition coefficient (Wildman–Crippen LogP) is 6.10. The lowest BCUT2D eigenvalue weighted by atomic mass is 9.93. The van der Waals surface area contributed by atoms with E-state index in [9.17, 15) is 14.2 Å². The predicted molar refractivity (Wildman–Crippen MR) is 118 cm³/mol. The molecule has 0 aliphatic rings. The first-order valence-corrected chi connectivity index (χ1v) is 10.8. The third-order valence-electron chi connectivity index (χ3n) is 5.02. The Labute approximate surface area is 176 Å². The van der Waals surface area contributed by atoms with Gasteiger partial charge in [0.25, 0.3) is 0 Å². The number of hydrogen-bond donors (Lipinski definition) is 0. The average Bonchev–Trinajstić information content (AvgIpc) is 2.67. The van der Waals surface area contributed by atoms with Gasteiger partial charge >= 0.3 is 13.3 Å². The fourth-order valence-corrected chi connectivity index (χ4v) is 5.55. The Kier molecular flexibility index (Phi) is 6.12. The van der Waals surface area contributed by atoms with Crippen LogP contribution < -0.4 is 5.30 Å². The van der Waals surface area contributed by atoms with Gasteiger partial charge in [0.15, 0.2) is 5.78 Å². The first-order valence-electron chi connectivity index (χ1n) is 9.21. The Morgan fingerprint density at radius 3 is 2.07 bits per heavy atom. The van der Waals surface area contributed by atoms with Crippen molar-refractivity contribution in [2.24, 2.45) is 0 Å². The quantitative estimate of drug-likeness (QED) is 0.368. The fraction of sp³-hybridized carbons (Fsp3) is 0.167. The molecule has 3 aromatic carbocycles. The number of carbonyl (C=O) groups excluding carboxylic acids is 2. The van der Waals surface area contributed by atoms with Gasteiger partial charge in [-0.1, -0.05) is 64.7 Å². The third kappa shape index (κ3) is 3.94. The molecule has 1 unspecified atom stereocenters. The molecule has 5 heteroatoms. The van der Waals surface area contributed by atoms with E-state index in [0.29, 0.717) is 27.6 Å². The van der Waals surface area contributed by atoms with Gasteiger partial charge in [-0.05, 0) is 44.9 Å². The van der Waals surface area contributed by atoms with Crippen molar-refractivity contribution in [2.45, 2.75) is 27.7 Å². The van der Waals surface area contributed by atoms with Crippen LogP contribution in [0.1, 0.15) is 48.5 Å². The molecule has 146 valence electrons. The monoisotopic (exact) mass is 423 g/mol. The standard InChI is InChI=1S/C24H21ClO3P/c1-14-9-8-12-19(25)21(14)24(27)29(28)23-16(3)13-15(2)20(17(23)4)22(26)18-10-6-5-7-11-18/h5-13H,1-4H3/q+1. The maximum absolute atomic E-state index is 13.3. The second-order valence-corrected chi connectivity index (χ2v) is 8.93. The number of carbonyl (C=O) groups is 2. The van der Waals surface area contributed by atoms with Crippen LogP contribution in [0.4, 0.5) is 0 Å². The van der Waals surface area contributed by atoms with E-state index < -0.39 is 13.3 Å². The van der Waals surface area contributed by atoms with E-state index in [1.54, 1.807) is 56.3 Å². The van der Waals surface area contributed by atoms with Crippen molar-refractivity contribution < 1.29 is 14.2 Å². The van der Waals surface area contributed by atoms with Gasteiger partial charge in [0.1, 0.15) is 0 Å². The van der Waals surface area contributed by atoms with Gasteiger partial charge in [0.05, 0.1) is 10.6 Å². The molecule has 0 aromatic heterocycles. The molecule has 0 aliphatic heterocycles. The zero-order valence-corrected chi connectivity index (χ0v) is 18.4. The Morgan fingerprint density at radius 1 is 0.793 bits per heavy atom. The summed E-state index contributed by atoms with van der Waals surface area (Å²) >= 11 is 6.22. The van der Waals surface area contributed by atoms with Crippen molar-refractivity contribution in [2.75, 3.05) is 0 Å². The van der Waals surface area contributed by atoms with Crippen molar-refractivity contribution >= 4 is 36.0 Å². The summed E-state index contributed by atoms with van der Waals surface area (Å²) in [4.78, 5) is 26.2. The highest BCUT2D eigenvalue weighted by Crippen LogP contribution is 2.35. The number of aryl methyl sites for hydroxylation is 3. The van der Waals surface area contributed by atoms with E-state index in [-0.39, 0.29) is 16.4 Å². The van der Waals surface area contributed by atoms with Crippen molar-refractivity contribution in [3.05, 3.63) is 98.6 Å². The molecule has 0 amide bonds. The van der Waals surface area contributed by atoms with E-state index >= 15 is 0 Å². The molecule has 0 aliphatic carbocycles. The Balaban J connectivity index is 2.14. The maximum atomic E-state index is 13.3. The largest absolute Gasteiger partial charge is 0.459 e. The summed E-state index contributed by atoms with van der Waals surface area (Å²) in [5, 5.41) is 0.690. The van der Waals surface area contributed by atoms with Gasteiger partial charge in [-0.2, -0.15) is 0 Å². The van der Waals surface area contributed by atoms with Crippen molar-refractivity contribution in [1.82, 2.24) is 0 Å². The lowest BCUT2D eigenvalue weighted by Crippen LogP contribution is -2.18. The van der Waals surface area contributed by atoms with Crippen LogP contribution in [0.5, 0.6) is 0 Å². The highest BCUT2D eigenvalue weighted by Gasteiger charge is 2.39. The number of benzene rings is 3. The van der Waals surface area contributed by atoms with Gasteiger partial charge in [-0.15, -0.1) is 0 Å². The number of rotatable bonds is 5. The molecule has 3 rings (SSSR count). The molecule has 0 N–H and O–H groups in total. The summed E-state index contributed by atoms with van der Waals surface area (Å²) in [5.74, 6) is -0.147. The molecule has 1 atom stereocenters. The lowest BCUT2D eigenvalue weighted by molar-refractivity contribution is 0.103. The molecule has 3 aromatic rings. The van der Waals surface area contributed by atoms with Crippen LogP contribution in [0, 0.1) is 27.7 Å². The summed E-state index contributed by atoms with van der Waals surface area (Å²) in [6, 6.07) is 15.9. The minimum atomic E-state index is -2.44. The molecule has 29 heavy (non-hydrogen) atoms. The van der Waals surface area contributed by atoms with Crippen LogP contribution >= 0.6 is 19.4 Å². The molecule has 3 nitrogen and oxygen atoms in total. The molecule has 0 radical (unpaired) electrons. The highest BCUT2D eigenvalue weighted by atomic mass is 35.5. The highest BCUT2D eigenvalue weighted by molar-refractivity contribution is 7.71. The van der Waals surface area contributed by atoms with Gasteiger partial charge in [0.2, 0.25) is 5.30 Å². The molecule has 0 saturated heterocycles. The molecular formula is C24H21ClO3P+. The van der Waals surface area contributed by atoms with E-state index in [1.165, 1.54) is 0 Å². The van der Waals surface area contributed by atoms with Crippen LogP contribution in [0.25, 0.3) is 0 Å². The van der Waals surface area contributed by atoms with E-state index in [0.717, 1.165) is 11.1 Å². The molecule has 0 fully saturated rings. The molecule has 0 heterocycles. The Morgan fingerprint density at radius 2 is 1.45 bits per heavy atom. The summed E-state index contributed by atoms with van der Waals surface area (Å²) in [5.41, 5.74) is 3.57. The second kappa shape index (κ2) is 8.41. The minimum Gasteiger partial charge on any atom is -0.289 e. The Bertz CT molecular complexity index is 1130. The zero-order valence-electron chi connectivity index (χ0n) is 16.7. The van der Waals surface area contributed by atoms with Crippen LogP contribution in [-0.2, 0) is 4.57 Å². The van der Waals surface area contributed by atoms with Crippen molar-refractivity contribution in [1.29, 1.82) is 0 Å². The average molecular weight is 424 g/mol. The lowest BCUT2D eigenvalue weighted by Gasteiger charge is -2.11. The molecular weight excluding hydrogens is 403 g/mol. The smallest absolute Gasteiger partial charge is 0.289 e. The maximum Gasteiger partial charge on any atom is 0.459 e. The van der Waals surface area contributed by atoms with Crippen molar-refractivity contribution in [3.63, 3.8) is 0 Å². The summed E-state index contributed by atoms with van der Waals surface area (Å²) in [6.07, 6.45) is 0. The molecule has 0 spiro atoms. The fourth-order valence-electron chi connectivity index (χ4n) is 3.68. The van der Waals surface area contributed by atoms with Crippen LogP contribution in [-0.4, -0.2) is 11.3 Å². The molecule has 0 saturated carbocycles. The third-order valence-corrected chi connectivity index (χ3v) is 7.02. The van der Waals surface area contributed by atoms with Crippen LogP contribution in [0.15, 0.2) is 54.6 Å². The van der Waals surface area contributed by atoms with Crippen molar-refractivity contribution in [3.8, 4) is 0 Å². The van der Waals surface area contributed by atoms with Crippen LogP contribution in [0.2, 0.25) is 5.02 Å². The number of hydrogen-bond acceptors (Lipinski definition) is 3. The number of ketones is 1. The van der Waals surface area contributed by atoms with Gasteiger partial charge in [-0.25, -0.2) is 4.79 Å². The second-order valence-electron chi connectivity index (χ2n) is 7.09. The normalized spacial score (nSPS) is 11.3. The first-order chi connectivity index (χ1) is 13.7.